The minimum absolute atomic E-state index is 0.564. The Labute approximate surface area is 582 Å². The van der Waals surface area contributed by atoms with Crippen molar-refractivity contribution in [1.82, 2.24) is 33.2 Å². The van der Waals surface area contributed by atoms with Crippen LogP contribution in [0.3, 0.4) is 0 Å². The molecule has 5 heterocycles. The molecule has 472 valence electrons. The lowest BCUT2D eigenvalue weighted by atomic mass is 9.95. The standard InChI is InChI=1S/C94H61N7/c1-60-35-52-91-83(53-60)82-27-11-18-34-90(82)101(91)75-50-42-64(43-51-75)69-55-68(63-40-48-74(49-41-63)100-88-32-16-9-25-80(88)81-26-10-17-33-89(81)100)58-71(59-69)94-96-92(65-19-3-2-4-20-65)95-93(97-94)70-56-66(61-36-44-72(45-37-61)98-84-28-12-5-21-76(84)77-22-6-13-29-85(77)98)54-67(57-70)62-38-46-73(47-39-62)99-86-30-14-7-23-78(86)79-24-8-15-31-87(79)99/h2-59H,1H3. The zero-order valence-corrected chi connectivity index (χ0v) is 55.1. The highest BCUT2D eigenvalue weighted by molar-refractivity contribution is 6.12. The molecule has 0 aliphatic rings. The van der Waals surface area contributed by atoms with Crippen LogP contribution in [0.25, 0.3) is 189 Å². The first-order valence-corrected chi connectivity index (χ1v) is 34.5. The maximum absolute atomic E-state index is 5.63. The van der Waals surface area contributed by atoms with Gasteiger partial charge in [0.05, 0.1) is 44.1 Å². The molecule has 0 fully saturated rings. The number of benzene rings is 15. The van der Waals surface area contributed by atoms with Gasteiger partial charge in [0.1, 0.15) is 0 Å². The third-order valence-corrected chi connectivity index (χ3v) is 20.5. The minimum Gasteiger partial charge on any atom is -0.309 e. The zero-order valence-electron chi connectivity index (χ0n) is 55.1. The molecule has 0 saturated carbocycles. The fourth-order valence-electron chi connectivity index (χ4n) is 15.7. The van der Waals surface area contributed by atoms with Gasteiger partial charge in [-0.2, -0.15) is 0 Å². The fourth-order valence-corrected chi connectivity index (χ4v) is 15.7. The molecule has 0 N–H and O–H groups in total. The number of hydrogen-bond acceptors (Lipinski definition) is 3. The van der Waals surface area contributed by atoms with E-state index in [-0.39, 0.29) is 0 Å². The number of aryl methyl sites for hydroxylation is 1. The first-order valence-electron chi connectivity index (χ1n) is 34.5. The van der Waals surface area contributed by atoms with Gasteiger partial charge in [-0.25, -0.2) is 15.0 Å². The van der Waals surface area contributed by atoms with Crippen LogP contribution in [-0.4, -0.2) is 33.2 Å². The summed E-state index contributed by atoms with van der Waals surface area (Å²) in [5.41, 5.74) is 26.0. The van der Waals surface area contributed by atoms with Crippen molar-refractivity contribution in [3.63, 3.8) is 0 Å². The van der Waals surface area contributed by atoms with Crippen molar-refractivity contribution in [2.24, 2.45) is 0 Å². The molecule has 0 amide bonds. The van der Waals surface area contributed by atoms with Crippen LogP contribution in [0.5, 0.6) is 0 Å². The van der Waals surface area contributed by atoms with Crippen LogP contribution < -0.4 is 0 Å². The maximum atomic E-state index is 5.63. The summed E-state index contributed by atoms with van der Waals surface area (Å²) in [4.78, 5) is 16.6. The predicted molar refractivity (Wildman–Crippen MR) is 420 cm³/mol. The summed E-state index contributed by atoms with van der Waals surface area (Å²) in [6.45, 7) is 2.17. The molecule has 20 aromatic rings. The molecule has 20 rings (SSSR count). The fraction of sp³-hybridized carbons (Fsp3) is 0.0106. The quantitative estimate of drug-likeness (QED) is 0.130. The Bertz CT molecular complexity index is 6330. The molecule has 5 aromatic heterocycles. The smallest absolute Gasteiger partial charge is 0.164 e. The molecular formula is C94H61N7. The molecule has 7 nitrogen and oxygen atoms in total. The molecule has 0 bridgehead atoms. The number of fused-ring (bicyclic) bond motifs is 12. The third-order valence-electron chi connectivity index (χ3n) is 20.5. The van der Waals surface area contributed by atoms with Crippen LogP contribution in [0.1, 0.15) is 5.56 Å². The van der Waals surface area contributed by atoms with E-state index >= 15 is 0 Å². The SMILES string of the molecule is Cc1ccc2c(c1)c1ccccc1n2-c1ccc(-c2cc(-c3ccc(-n4c5ccccc5c5ccccc54)cc3)cc(-c3nc(-c4ccccc4)nc(-c4cc(-c5ccc(-n6c7ccccc7c7ccccc76)cc5)cc(-c5ccc(-n6c7ccccc7c7ccccc76)cc5)c4)n3)c2)cc1. The monoisotopic (exact) mass is 1290 g/mol. The average Bonchev–Trinajstić information content (AvgIpc) is 1.67. The van der Waals surface area contributed by atoms with Crippen LogP contribution >= 0.6 is 0 Å². The lowest BCUT2D eigenvalue weighted by molar-refractivity contribution is 1.07. The largest absolute Gasteiger partial charge is 0.309 e. The van der Waals surface area contributed by atoms with Gasteiger partial charge < -0.3 is 18.3 Å². The molecule has 0 unspecified atom stereocenters. The highest BCUT2D eigenvalue weighted by Crippen LogP contribution is 2.42. The highest BCUT2D eigenvalue weighted by atomic mass is 15.0. The van der Waals surface area contributed by atoms with E-state index in [1.54, 1.807) is 0 Å². The minimum atomic E-state index is 0.564. The molecule has 0 radical (unpaired) electrons. The Morgan fingerprint density at radius 2 is 0.396 bits per heavy atom. The summed E-state index contributed by atoms with van der Waals surface area (Å²) in [6, 6.07) is 128. The van der Waals surface area contributed by atoms with Crippen molar-refractivity contribution < 1.29 is 0 Å². The Morgan fingerprint density at radius 3 is 0.683 bits per heavy atom. The summed E-state index contributed by atoms with van der Waals surface area (Å²) in [7, 11) is 0. The van der Waals surface area contributed by atoms with E-state index in [4.69, 9.17) is 15.0 Å². The van der Waals surface area contributed by atoms with E-state index < -0.39 is 0 Å². The van der Waals surface area contributed by atoms with E-state index in [1.165, 1.54) is 92.8 Å². The van der Waals surface area contributed by atoms with Gasteiger partial charge in [0.15, 0.2) is 17.5 Å². The first-order chi connectivity index (χ1) is 50.0. The second kappa shape index (κ2) is 23.4. The van der Waals surface area contributed by atoms with Gasteiger partial charge in [0.25, 0.3) is 0 Å². The van der Waals surface area contributed by atoms with Gasteiger partial charge in [0, 0.05) is 82.5 Å². The molecular weight excluding hydrogens is 1230 g/mol. The predicted octanol–water partition coefficient (Wildman–Crippen LogP) is 24.2. The van der Waals surface area contributed by atoms with Crippen molar-refractivity contribution in [3.8, 4) is 101 Å². The summed E-state index contributed by atoms with van der Waals surface area (Å²) < 4.78 is 9.50. The van der Waals surface area contributed by atoms with E-state index in [0.717, 1.165) is 83.9 Å². The number of hydrogen-bond donors (Lipinski definition) is 0. The van der Waals surface area contributed by atoms with Crippen molar-refractivity contribution in [2.45, 2.75) is 6.92 Å². The molecule has 0 saturated heterocycles. The van der Waals surface area contributed by atoms with Crippen LogP contribution in [0.15, 0.2) is 352 Å². The van der Waals surface area contributed by atoms with E-state index in [2.05, 4.69) is 371 Å². The van der Waals surface area contributed by atoms with Gasteiger partial charge in [-0.1, -0.05) is 218 Å². The van der Waals surface area contributed by atoms with Crippen molar-refractivity contribution in [3.05, 3.63) is 357 Å². The molecule has 0 atom stereocenters. The molecule has 0 aliphatic heterocycles. The Morgan fingerprint density at radius 1 is 0.168 bits per heavy atom. The summed E-state index contributed by atoms with van der Waals surface area (Å²) >= 11 is 0. The average molecular weight is 1290 g/mol. The van der Waals surface area contributed by atoms with Crippen LogP contribution in [0.4, 0.5) is 0 Å². The first kappa shape index (κ1) is 57.7. The highest BCUT2D eigenvalue weighted by Gasteiger charge is 2.21. The van der Waals surface area contributed by atoms with Crippen molar-refractivity contribution in [2.75, 3.05) is 0 Å². The van der Waals surface area contributed by atoms with E-state index in [0.29, 0.717) is 17.5 Å². The van der Waals surface area contributed by atoms with Crippen LogP contribution in [0.2, 0.25) is 0 Å². The maximum Gasteiger partial charge on any atom is 0.164 e. The topological polar surface area (TPSA) is 58.4 Å². The molecule has 0 spiro atoms. The van der Waals surface area contributed by atoms with Crippen molar-refractivity contribution >= 4 is 87.2 Å². The van der Waals surface area contributed by atoms with Gasteiger partial charge in [-0.3, -0.25) is 0 Å². The molecule has 7 heteroatoms. The van der Waals surface area contributed by atoms with Crippen LogP contribution in [0, 0.1) is 6.92 Å². The zero-order chi connectivity index (χ0) is 66.7. The van der Waals surface area contributed by atoms with Crippen molar-refractivity contribution in [1.29, 1.82) is 0 Å². The molecule has 0 aliphatic carbocycles. The molecule has 101 heavy (non-hydrogen) atoms. The second-order valence-corrected chi connectivity index (χ2v) is 26.4. The second-order valence-electron chi connectivity index (χ2n) is 26.4. The Hall–Kier alpha value is -13.5. The summed E-state index contributed by atoms with van der Waals surface area (Å²) in [5, 5.41) is 9.86. The number of aromatic nitrogens is 7. The van der Waals surface area contributed by atoms with E-state index in [9.17, 15) is 0 Å². The van der Waals surface area contributed by atoms with Gasteiger partial charge >= 0.3 is 0 Å². The Kier molecular flexibility index (Phi) is 13.4. The number of nitrogens with zero attached hydrogens (tertiary/aromatic N) is 7. The van der Waals surface area contributed by atoms with Gasteiger partial charge in [0.2, 0.25) is 0 Å². The lowest BCUT2D eigenvalue weighted by Crippen LogP contribution is -2.01. The summed E-state index contributed by atoms with van der Waals surface area (Å²) in [6.07, 6.45) is 0. The normalized spacial score (nSPS) is 11.8. The lowest BCUT2D eigenvalue weighted by Gasteiger charge is -2.15. The number of rotatable bonds is 11. The van der Waals surface area contributed by atoms with Gasteiger partial charge in [-0.15, -0.1) is 0 Å². The number of para-hydroxylation sites is 7. The van der Waals surface area contributed by atoms with E-state index in [1.807, 2.05) is 6.07 Å². The van der Waals surface area contributed by atoms with Gasteiger partial charge in [-0.05, 0) is 191 Å². The molecule has 15 aromatic carbocycles. The Balaban J connectivity index is 0.758. The van der Waals surface area contributed by atoms with Crippen LogP contribution in [-0.2, 0) is 0 Å². The third kappa shape index (κ3) is 9.69. The summed E-state index contributed by atoms with van der Waals surface area (Å²) in [5.74, 6) is 1.71.